The monoisotopic (exact) mass is 172 g/mol. The van der Waals surface area contributed by atoms with Crippen LogP contribution in [0.4, 0.5) is 0 Å². The summed E-state index contributed by atoms with van der Waals surface area (Å²) in [6.45, 7) is 0. The molecule has 0 atom stereocenters. The molecule has 0 unspecified atom stereocenters. The van der Waals surface area contributed by atoms with Crippen LogP contribution in [0.3, 0.4) is 0 Å². The van der Waals surface area contributed by atoms with Crippen molar-refractivity contribution in [3.63, 3.8) is 0 Å². The van der Waals surface area contributed by atoms with Gasteiger partial charge in [0.2, 0.25) is 0 Å². The fourth-order valence-electron chi connectivity index (χ4n) is 0.541. The lowest BCUT2D eigenvalue weighted by Crippen LogP contribution is -2.02. The van der Waals surface area contributed by atoms with E-state index in [9.17, 15) is 4.79 Å². The summed E-state index contributed by atoms with van der Waals surface area (Å²) in [4.78, 5) is 10.1. The third-order valence-corrected chi connectivity index (χ3v) is 1.26. The first-order valence-corrected chi connectivity index (χ1v) is 3.25. The number of halogens is 1. The van der Waals surface area contributed by atoms with Crippen LogP contribution in [0.1, 0.15) is 10.4 Å². The molecule has 11 heavy (non-hydrogen) atoms. The maximum absolute atomic E-state index is 10.1. The van der Waals surface area contributed by atoms with Gasteiger partial charge in [-0.2, -0.15) is 0 Å². The number of aldehydes is 1. The summed E-state index contributed by atoms with van der Waals surface area (Å²) in [5.74, 6) is 8.00. The summed E-state index contributed by atoms with van der Waals surface area (Å²) in [7, 11) is 0. The maximum atomic E-state index is 10.1. The Morgan fingerprint density at radius 1 is 1.18 bits per heavy atom. The van der Waals surface area contributed by atoms with Crippen molar-refractivity contribution in [2.24, 2.45) is 11.7 Å². The van der Waals surface area contributed by atoms with E-state index in [0.29, 0.717) is 10.6 Å². The number of carbonyl (C=O) groups is 1. The van der Waals surface area contributed by atoms with Gasteiger partial charge in [0, 0.05) is 10.6 Å². The van der Waals surface area contributed by atoms with E-state index >= 15 is 0 Å². The molecule has 0 heterocycles. The Kier molecular flexibility index (Phi) is 5.37. The van der Waals surface area contributed by atoms with Crippen molar-refractivity contribution in [2.45, 2.75) is 0 Å². The summed E-state index contributed by atoms with van der Waals surface area (Å²) in [6.07, 6.45) is 0.788. The minimum Gasteiger partial charge on any atom is -0.298 e. The molecule has 1 aromatic carbocycles. The number of carbonyl (C=O) groups excluding carboxylic acids is 1. The van der Waals surface area contributed by atoms with Gasteiger partial charge in [-0.1, -0.05) is 23.7 Å². The van der Waals surface area contributed by atoms with Crippen LogP contribution in [-0.4, -0.2) is 6.29 Å². The fraction of sp³-hybridized carbons (Fsp3) is 0. The first kappa shape index (κ1) is 10.1. The molecule has 1 aromatic rings. The van der Waals surface area contributed by atoms with Gasteiger partial charge in [0.15, 0.2) is 0 Å². The van der Waals surface area contributed by atoms with Crippen LogP contribution >= 0.6 is 11.6 Å². The average molecular weight is 173 g/mol. The number of rotatable bonds is 1. The Hall–Kier alpha value is -0.900. The molecule has 0 amide bonds. The molecule has 0 aliphatic carbocycles. The quantitative estimate of drug-likeness (QED) is 0.377. The van der Waals surface area contributed by atoms with Crippen molar-refractivity contribution >= 4 is 17.9 Å². The van der Waals surface area contributed by atoms with Crippen LogP contribution in [-0.2, 0) is 0 Å². The molecular formula is C7H9ClN2O. The van der Waals surface area contributed by atoms with Crippen LogP contribution in [0.5, 0.6) is 0 Å². The van der Waals surface area contributed by atoms with Gasteiger partial charge in [-0.3, -0.25) is 16.5 Å². The first-order chi connectivity index (χ1) is 5.33. The first-order valence-electron chi connectivity index (χ1n) is 2.87. The smallest absolute Gasteiger partial charge is 0.150 e. The van der Waals surface area contributed by atoms with E-state index in [1.165, 1.54) is 0 Å². The molecule has 0 radical (unpaired) electrons. The molecule has 0 aliphatic rings. The number of benzene rings is 1. The molecule has 4 N–H and O–H groups in total. The predicted octanol–water partition coefficient (Wildman–Crippen LogP) is 0.971. The fourth-order valence-corrected chi connectivity index (χ4v) is 0.667. The Labute approximate surface area is 69.9 Å². The van der Waals surface area contributed by atoms with Crippen molar-refractivity contribution < 1.29 is 4.79 Å². The van der Waals surface area contributed by atoms with E-state index < -0.39 is 0 Å². The molecule has 0 aromatic heterocycles. The zero-order valence-electron chi connectivity index (χ0n) is 5.83. The molecule has 60 valence electrons. The topological polar surface area (TPSA) is 69.1 Å². The van der Waals surface area contributed by atoms with Gasteiger partial charge in [0.05, 0.1) is 0 Å². The molecule has 1 rings (SSSR count). The second-order valence-electron chi connectivity index (χ2n) is 1.67. The Bertz CT molecular complexity index is 210. The highest BCUT2D eigenvalue weighted by molar-refractivity contribution is 6.30. The van der Waals surface area contributed by atoms with Crippen LogP contribution in [0, 0.1) is 0 Å². The van der Waals surface area contributed by atoms with E-state index in [1.807, 2.05) is 0 Å². The summed E-state index contributed by atoms with van der Waals surface area (Å²) in [5, 5.41) is 0.653. The number of nitrogens with two attached hydrogens (primary N) is 2. The SMILES string of the molecule is NN.O=Cc1ccc(Cl)cc1. The lowest BCUT2D eigenvalue weighted by Gasteiger charge is -1.87. The largest absolute Gasteiger partial charge is 0.298 e. The van der Waals surface area contributed by atoms with Crippen LogP contribution in [0.25, 0.3) is 0 Å². The van der Waals surface area contributed by atoms with E-state index in [1.54, 1.807) is 24.3 Å². The zero-order valence-corrected chi connectivity index (χ0v) is 6.58. The normalized spacial score (nSPS) is 7.91. The van der Waals surface area contributed by atoms with Crippen molar-refractivity contribution in [2.75, 3.05) is 0 Å². The van der Waals surface area contributed by atoms with Gasteiger partial charge in [0.1, 0.15) is 6.29 Å². The van der Waals surface area contributed by atoms with Crippen LogP contribution in [0.15, 0.2) is 24.3 Å². The summed E-state index contributed by atoms with van der Waals surface area (Å²) >= 11 is 5.55. The Morgan fingerprint density at radius 2 is 1.64 bits per heavy atom. The van der Waals surface area contributed by atoms with Gasteiger partial charge in [-0.25, -0.2) is 0 Å². The van der Waals surface area contributed by atoms with Crippen molar-refractivity contribution in [3.8, 4) is 0 Å². The highest BCUT2D eigenvalue weighted by atomic mass is 35.5. The Balaban J connectivity index is 0.000000461. The minimum absolute atomic E-state index is 0.652. The van der Waals surface area contributed by atoms with Crippen LogP contribution < -0.4 is 11.7 Å². The third-order valence-electron chi connectivity index (χ3n) is 1.01. The summed E-state index contributed by atoms with van der Waals surface area (Å²) < 4.78 is 0. The van der Waals surface area contributed by atoms with Gasteiger partial charge < -0.3 is 0 Å². The highest BCUT2D eigenvalue weighted by Gasteiger charge is 1.86. The summed E-state index contributed by atoms with van der Waals surface area (Å²) in [5.41, 5.74) is 0.652. The standard InChI is InChI=1S/C7H5ClO.H4N2/c8-7-3-1-6(5-9)2-4-7;1-2/h1-5H;1-2H2. The molecule has 0 spiro atoms. The molecule has 0 fully saturated rings. The minimum atomic E-state index is 0.652. The average Bonchev–Trinajstić information content (AvgIpc) is 2.10. The van der Waals surface area contributed by atoms with Crippen molar-refractivity contribution in [1.82, 2.24) is 0 Å². The van der Waals surface area contributed by atoms with Crippen LogP contribution in [0.2, 0.25) is 5.02 Å². The predicted molar refractivity (Wildman–Crippen MR) is 45.2 cm³/mol. The number of hydrogen-bond donors (Lipinski definition) is 2. The van der Waals surface area contributed by atoms with Gasteiger partial charge >= 0.3 is 0 Å². The molecule has 4 heteroatoms. The maximum Gasteiger partial charge on any atom is 0.150 e. The molecule has 3 nitrogen and oxygen atoms in total. The summed E-state index contributed by atoms with van der Waals surface area (Å²) in [6, 6.07) is 6.72. The molecule has 0 aliphatic heterocycles. The third kappa shape index (κ3) is 3.72. The van der Waals surface area contributed by atoms with E-state index in [-0.39, 0.29) is 0 Å². The van der Waals surface area contributed by atoms with E-state index in [2.05, 4.69) is 11.7 Å². The Morgan fingerprint density at radius 3 is 2.00 bits per heavy atom. The van der Waals surface area contributed by atoms with Crippen molar-refractivity contribution in [3.05, 3.63) is 34.9 Å². The van der Waals surface area contributed by atoms with E-state index in [4.69, 9.17) is 11.6 Å². The number of hydrogen-bond acceptors (Lipinski definition) is 3. The molecule has 0 saturated heterocycles. The van der Waals surface area contributed by atoms with Gasteiger partial charge in [-0.05, 0) is 12.1 Å². The zero-order chi connectivity index (χ0) is 8.69. The van der Waals surface area contributed by atoms with Crippen molar-refractivity contribution in [1.29, 1.82) is 0 Å². The lowest BCUT2D eigenvalue weighted by molar-refractivity contribution is 0.112. The second kappa shape index (κ2) is 5.85. The van der Waals surface area contributed by atoms with Gasteiger partial charge in [-0.15, -0.1) is 0 Å². The molecule has 0 bridgehead atoms. The highest BCUT2D eigenvalue weighted by Crippen LogP contribution is 2.07. The van der Waals surface area contributed by atoms with Gasteiger partial charge in [0.25, 0.3) is 0 Å². The molecule has 0 saturated carbocycles. The number of hydrazine groups is 1. The molecular weight excluding hydrogens is 164 g/mol. The lowest BCUT2D eigenvalue weighted by atomic mass is 10.2. The second-order valence-corrected chi connectivity index (χ2v) is 2.11. The van der Waals surface area contributed by atoms with E-state index in [0.717, 1.165) is 6.29 Å².